The Hall–Kier alpha value is -1.92. The molecular formula is C21H24F3N3. The number of benzene rings is 1. The molecule has 1 aromatic heterocycles. The van der Waals surface area contributed by atoms with Crippen molar-refractivity contribution >= 4 is 0 Å². The molecule has 3 aliphatic rings. The minimum Gasteiger partial charge on any atom is -0.297 e. The Bertz CT molecular complexity index is 746. The maximum Gasteiger partial charge on any atom is 0.416 e. The second kappa shape index (κ2) is 7.60. The van der Waals surface area contributed by atoms with Gasteiger partial charge in [-0.2, -0.15) is 13.2 Å². The second-order valence-corrected chi connectivity index (χ2v) is 7.77. The van der Waals surface area contributed by atoms with E-state index >= 15 is 0 Å². The van der Waals surface area contributed by atoms with Gasteiger partial charge < -0.3 is 0 Å². The summed E-state index contributed by atoms with van der Waals surface area (Å²) in [6.45, 7) is 4.78. The summed E-state index contributed by atoms with van der Waals surface area (Å²) >= 11 is 0. The van der Waals surface area contributed by atoms with Crippen LogP contribution in [0.5, 0.6) is 0 Å². The molecule has 2 aromatic rings. The van der Waals surface area contributed by atoms with Crippen LogP contribution in [0.25, 0.3) is 0 Å². The van der Waals surface area contributed by atoms with Gasteiger partial charge in [-0.05, 0) is 54.2 Å². The van der Waals surface area contributed by atoms with Gasteiger partial charge >= 0.3 is 6.18 Å². The number of hydrogen-bond donors (Lipinski definition) is 0. The van der Waals surface area contributed by atoms with Gasteiger partial charge in [-0.15, -0.1) is 0 Å². The smallest absolute Gasteiger partial charge is 0.297 e. The molecule has 0 radical (unpaired) electrons. The highest BCUT2D eigenvalue weighted by Crippen LogP contribution is 2.32. The number of halogens is 3. The molecule has 5 rings (SSSR count). The fourth-order valence-corrected chi connectivity index (χ4v) is 4.38. The molecule has 6 heteroatoms. The maximum atomic E-state index is 12.8. The van der Waals surface area contributed by atoms with E-state index in [1.165, 1.54) is 24.1 Å². The van der Waals surface area contributed by atoms with Crippen LogP contribution in [0, 0.1) is 5.92 Å². The van der Waals surface area contributed by atoms with Crippen molar-refractivity contribution in [3.05, 3.63) is 65.5 Å². The van der Waals surface area contributed by atoms with Crippen LogP contribution in [0.4, 0.5) is 13.2 Å². The molecule has 3 saturated heterocycles. The average Bonchev–Trinajstić information content (AvgIpc) is 2.93. The summed E-state index contributed by atoms with van der Waals surface area (Å²) in [4.78, 5) is 9.06. The highest BCUT2D eigenvalue weighted by atomic mass is 19.4. The number of hydrogen-bond acceptors (Lipinski definition) is 3. The summed E-state index contributed by atoms with van der Waals surface area (Å²) < 4.78 is 38.3. The summed E-state index contributed by atoms with van der Waals surface area (Å²) in [5.74, 6) is 0.625. The SMILES string of the molecule is FC(F)(F)c1ccc(CN2C[C@H]3CC[C@@H]2CN(Cc2ccncc2)C3)cc1. The van der Waals surface area contributed by atoms with E-state index in [4.69, 9.17) is 0 Å². The summed E-state index contributed by atoms with van der Waals surface area (Å²) in [5, 5.41) is 0. The van der Waals surface area contributed by atoms with Crippen molar-refractivity contribution in [2.45, 2.75) is 38.1 Å². The van der Waals surface area contributed by atoms with Gasteiger partial charge in [0.2, 0.25) is 0 Å². The van der Waals surface area contributed by atoms with Crippen molar-refractivity contribution in [3.8, 4) is 0 Å². The summed E-state index contributed by atoms with van der Waals surface area (Å²) in [6, 6.07) is 10.2. The highest BCUT2D eigenvalue weighted by molar-refractivity contribution is 5.24. The second-order valence-electron chi connectivity index (χ2n) is 7.77. The molecule has 4 heterocycles. The quantitative estimate of drug-likeness (QED) is 0.799. The van der Waals surface area contributed by atoms with Gasteiger partial charge in [0.1, 0.15) is 0 Å². The van der Waals surface area contributed by atoms with E-state index < -0.39 is 11.7 Å². The van der Waals surface area contributed by atoms with Gasteiger partial charge in [-0.1, -0.05) is 12.1 Å². The predicted molar refractivity (Wildman–Crippen MR) is 97.9 cm³/mol. The molecule has 0 spiro atoms. The fraction of sp³-hybridized carbons (Fsp3) is 0.476. The van der Waals surface area contributed by atoms with E-state index in [1.807, 2.05) is 12.4 Å². The van der Waals surface area contributed by atoms with Crippen LogP contribution in [0.2, 0.25) is 0 Å². The number of pyridine rings is 1. The molecule has 0 unspecified atom stereocenters. The summed E-state index contributed by atoms with van der Waals surface area (Å²) in [6.07, 6.45) is 1.80. The molecule has 0 amide bonds. The van der Waals surface area contributed by atoms with Crippen LogP contribution < -0.4 is 0 Å². The van der Waals surface area contributed by atoms with Crippen LogP contribution >= 0.6 is 0 Å². The number of rotatable bonds is 4. The van der Waals surface area contributed by atoms with E-state index in [1.54, 1.807) is 12.1 Å². The minimum absolute atomic E-state index is 0.466. The Labute approximate surface area is 157 Å². The molecule has 27 heavy (non-hydrogen) atoms. The number of alkyl halides is 3. The first-order chi connectivity index (χ1) is 13.0. The van der Waals surface area contributed by atoms with Crippen LogP contribution in [0.1, 0.15) is 29.5 Å². The summed E-state index contributed by atoms with van der Waals surface area (Å²) in [7, 11) is 0. The van der Waals surface area contributed by atoms with Crippen molar-refractivity contribution in [2.24, 2.45) is 5.92 Å². The Morgan fingerprint density at radius 1 is 0.852 bits per heavy atom. The van der Waals surface area contributed by atoms with Crippen LogP contribution in [0.15, 0.2) is 48.8 Å². The van der Waals surface area contributed by atoms with Gasteiger partial charge in [-0.25, -0.2) is 0 Å². The largest absolute Gasteiger partial charge is 0.416 e. The lowest BCUT2D eigenvalue weighted by Crippen LogP contribution is -2.43. The van der Waals surface area contributed by atoms with E-state index in [2.05, 4.69) is 26.9 Å². The lowest BCUT2D eigenvalue weighted by molar-refractivity contribution is -0.137. The Morgan fingerprint density at radius 2 is 1.56 bits per heavy atom. The van der Waals surface area contributed by atoms with E-state index in [-0.39, 0.29) is 0 Å². The van der Waals surface area contributed by atoms with Crippen LogP contribution in [-0.4, -0.2) is 40.5 Å². The van der Waals surface area contributed by atoms with Gasteiger partial charge in [0.25, 0.3) is 0 Å². The van der Waals surface area contributed by atoms with Gasteiger partial charge in [0, 0.05) is 51.2 Å². The molecule has 1 aromatic carbocycles. The van der Waals surface area contributed by atoms with Crippen molar-refractivity contribution in [1.82, 2.24) is 14.8 Å². The molecule has 3 nitrogen and oxygen atoms in total. The predicted octanol–water partition coefficient (Wildman–Crippen LogP) is 4.20. The van der Waals surface area contributed by atoms with Gasteiger partial charge in [0.15, 0.2) is 0 Å². The van der Waals surface area contributed by atoms with Crippen molar-refractivity contribution < 1.29 is 13.2 Å². The normalized spacial score (nSPS) is 24.1. The fourth-order valence-electron chi connectivity index (χ4n) is 4.38. The minimum atomic E-state index is -4.27. The van der Waals surface area contributed by atoms with E-state index in [0.29, 0.717) is 12.0 Å². The Balaban J connectivity index is 1.42. The van der Waals surface area contributed by atoms with E-state index in [9.17, 15) is 13.2 Å². The number of piperidine rings is 1. The number of aromatic nitrogens is 1. The lowest BCUT2D eigenvalue weighted by atomic mass is 9.94. The van der Waals surface area contributed by atoms with Crippen molar-refractivity contribution in [3.63, 3.8) is 0 Å². The zero-order valence-corrected chi connectivity index (χ0v) is 15.2. The first-order valence-electron chi connectivity index (χ1n) is 9.49. The van der Waals surface area contributed by atoms with Crippen molar-refractivity contribution in [2.75, 3.05) is 19.6 Å². The van der Waals surface area contributed by atoms with Crippen LogP contribution in [-0.2, 0) is 19.3 Å². The molecule has 3 aliphatic heterocycles. The monoisotopic (exact) mass is 375 g/mol. The molecule has 2 bridgehead atoms. The zero-order valence-electron chi connectivity index (χ0n) is 15.2. The van der Waals surface area contributed by atoms with Gasteiger partial charge in [-0.3, -0.25) is 14.8 Å². The summed E-state index contributed by atoms with van der Waals surface area (Å²) in [5.41, 5.74) is 1.66. The lowest BCUT2D eigenvalue weighted by Gasteiger charge is -2.36. The first kappa shape index (κ1) is 18.4. The van der Waals surface area contributed by atoms with Crippen LogP contribution in [0.3, 0.4) is 0 Å². The number of nitrogens with zero attached hydrogens (tertiary/aromatic N) is 3. The molecule has 0 saturated carbocycles. The molecule has 3 fully saturated rings. The molecule has 0 N–H and O–H groups in total. The zero-order chi connectivity index (χ0) is 18.9. The van der Waals surface area contributed by atoms with E-state index in [0.717, 1.165) is 44.7 Å². The van der Waals surface area contributed by atoms with Crippen molar-refractivity contribution in [1.29, 1.82) is 0 Å². The maximum absolute atomic E-state index is 12.8. The molecule has 144 valence electrons. The van der Waals surface area contributed by atoms with Gasteiger partial charge in [0.05, 0.1) is 5.56 Å². The number of fused-ring (bicyclic) bond motifs is 4. The third kappa shape index (κ3) is 4.50. The first-order valence-corrected chi connectivity index (χ1v) is 9.49. The molecular weight excluding hydrogens is 351 g/mol. The topological polar surface area (TPSA) is 19.4 Å². The third-order valence-electron chi connectivity index (χ3n) is 5.73. The Kier molecular flexibility index (Phi) is 5.19. The third-order valence-corrected chi connectivity index (χ3v) is 5.73. The average molecular weight is 375 g/mol. The highest BCUT2D eigenvalue weighted by Gasteiger charge is 2.35. The Morgan fingerprint density at radius 3 is 2.26 bits per heavy atom. The molecule has 0 aliphatic carbocycles. The molecule has 2 atom stereocenters. The standard InChI is InChI=1S/C21H24F3N3/c22-21(23,24)19-4-1-16(2-5-19)13-27-14-18-3-6-20(27)15-26(12-18)11-17-7-9-25-10-8-17/h1-2,4-5,7-10,18,20H,3,6,11-15H2/t18-,20+/m0/s1.